The van der Waals surface area contributed by atoms with Crippen molar-refractivity contribution in [2.75, 3.05) is 6.61 Å². The van der Waals surface area contributed by atoms with Gasteiger partial charge in [-0.3, -0.25) is 9.78 Å². The van der Waals surface area contributed by atoms with E-state index in [4.69, 9.17) is 4.74 Å². The molecule has 0 saturated heterocycles. The van der Waals surface area contributed by atoms with Gasteiger partial charge in [0.05, 0.1) is 12.2 Å². The number of hydrogen-bond acceptors (Lipinski definition) is 3. The van der Waals surface area contributed by atoms with Gasteiger partial charge in [-0.15, -0.1) is 0 Å². The summed E-state index contributed by atoms with van der Waals surface area (Å²) in [5, 5.41) is 0. The van der Waals surface area contributed by atoms with Gasteiger partial charge in [-0.2, -0.15) is 0 Å². The number of nitrogens with zero attached hydrogens (tertiary/aromatic N) is 1. The Morgan fingerprint density at radius 1 is 1.16 bits per heavy atom. The second-order valence-electron chi connectivity index (χ2n) is 4.12. The van der Waals surface area contributed by atoms with E-state index >= 15 is 0 Å². The number of hydrogen-bond donors (Lipinski definition) is 0. The van der Waals surface area contributed by atoms with Gasteiger partial charge in [0.1, 0.15) is 11.4 Å². The van der Waals surface area contributed by atoms with E-state index in [1.807, 2.05) is 44.2 Å². The number of pyridine rings is 1. The van der Waals surface area contributed by atoms with Crippen molar-refractivity contribution in [2.45, 2.75) is 20.3 Å². The Morgan fingerprint density at radius 3 is 2.68 bits per heavy atom. The van der Waals surface area contributed by atoms with Gasteiger partial charge in [-0.25, -0.2) is 0 Å². The van der Waals surface area contributed by atoms with Crippen LogP contribution >= 0.6 is 0 Å². The first-order valence-electron chi connectivity index (χ1n) is 6.48. The van der Waals surface area contributed by atoms with E-state index in [1.54, 1.807) is 12.3 Å². The van der Waals surface area contributed by atoms with E-state index in [0.29, 0.717) is 23.6 Å². The number of carbonyl (C=O) groups is 1. The molecule has 0 radical (unpaired) electrons. The molecule has 2 rings (SSSR count). The summed E-state index contributed by atoms with van der Waals surface area (Å²) in [5.74, 6) is 0.532. The summed E-state index contributed by atoms with van der Waals surface area (Å²) in [5.41, 5.74) is 2.04. The summed E-state index contributed by atoms with van der Waals surface area (Å²) in [6.45, 7) is 4.45. The minimum atomic E-state index is -0.0819. The highest BCUT2D eigenvalue weighted by molar-refractivity contribution is 6.10. The quantitative estimate of drug-likeness (QED) is 0.770. The zero-order chi connectivity index (χ0) is 13.7. The van der Waals surface area contributed by atoms with Crippen molar-refractivity contribution in [3.05, 3.63) is 59.4 Å². The number of aryl methyl sites for hydroxylation is 1. The second kappa shape index (κ2) is 6.14. The van der Waals surface area contributed by atoms with Crippen LogP contribution in [0.15, 0.2) is 42.6 Å². The molecule has 0 N–H and O–H groups in total. The van der Waals surface area contributed by atoms with Crippen molar-refractivity contribution in [1.82, 2.24) is 4.98 Å². The fourth-order valence-corrected chi connectivity index (χ4v) is 1.99. The van der Waals surface area contributed by atoms with Gasteiger partial charge in [0, 0.05) is 6.20 Å². The summed E-state index contributed by atoms with van der Waals surface area (Å²) in [4.78, 5) is 16.8. The van der Waals surface area contributed by atoms with Gasteiger partial charge in [-0.05, 0) is 37.1 Å². The molecule has 0 amide bonds. The van der Waals surface area contributed by atoms with Crippen LogP contribution in [0.4, 0.5) is 0 Å². The topological polar surface area (TPSA) is 39.2 Å². The first kappa shape index (κ1) is 13.3. The van der Waals surface area contributed by atoms with Crippen LogP contribution in [0.25, 0.3) is 0 Å². The lowest BCUT2D eigenvalue weighted by atomic mass is 10.0. The SMILES string of the molecule is CCOc1ccccc1C(=O)c1ncccc1CC. The molecular weight excluding hydrogens is 238 g/mol. The molecule has 19 heavy (non-hydrogen) atoms. The number of ether oxygens (including phenoxy) is 1. The number of ketones is 1. The first-order chi connectivity index (χ1) is 9.27. The van der Waals surface area contributed by atoms with Crippen molar-refractivity contribution >= 4 is 5.78 Å². The minimum Gasteiger partial charge on any atom is -0.493 e. The van der Waals surface area contributed by atoms with E-state index in [-0.39, 0.29) is 5.78 Å². The van der Waals surface area contributed by atoms with Crippen LogP contribution in [-0.4, -0.2) is 17.4 Å². The Morgan fingerprint density at radius 2 is 1.95 bits per heavy atom. The van der Waals surface area contributed by atoms with Crippen molar-refractivity contribution in [3.8, 4) is 5.75 Å². The molecule has 1 aromatic carbocycles. The summed E-state index contributed by atoms with van der Waals surface area (Å²) >= 11 is 0. The molecule has 3 heteroatoms. The number of rotatable bonds is 5. The predicted octanol–water partition coefficient (Wildman–Crippen LogP) is 3.27. The molecule has 0 unspecified atom stereocenters. The smallest absolute Gasteiger partial charge is 0.215 e. The highest BCUT2D eigenvalue weighted by atomic mass is 16.5. The van der Waals surface area contributed by atoms with E-state index < -0.39 is 0 Å². The number of carbonyl (C=O) groups excluding carboxylic acids is 1. The van der Waals surface area contributed by atoms with Gasteiger partial charge in [-0.1, -0.05) is 25.1 Å². The van der Waals surface area contributed by atoms with Crippen LogP contribution in [-0.2, 0) is 6.42 Å². The van der Waals surface area contributed by atoms with Crippen molar-refractivity contribution < 1.29 is 9.53 Å². The normalized spacial score (nSPS) is 10.2. The average Bonchev–Trinajstić information content (AvgIpc) is 2.47. The molecule has 2 aromatic rings. The number of para-hydroxylation sites is 1. The zero-order valence-electron chi connectivity index (χ0n) is 11.2. The van der Waals surface area contributed by atoms with Crippen molar-refractivity contribution in [1.29, 1.82) is 0 Å². The molecule has 3 nitrogen and oxygen atoms in total. The zero-order valence-corrected chi connectivity index (χ0v) is 11.2. The molecule has 0 spiro atoms. The van der Waals surface area contributed by atoms with Crippen LogP contribution < -0.4 is 4.74 Å². The Bertz CT molecular complexity index is 578. The Hall–Kier alpha value is -2.16. The molecule has 0 aliphatic rings. The van der Waals surface area contributed by atoms with Crippen LogP contribution in [0.5, 0.6) is 5.75 Å². The van der Waals surface area contributed by atoms with Gasteiger partial charge < -0.3 is 4.74 Å². The Kier molecular flexibility index (Phi) is 4.29. The Labute approximate surface area is 113 Å². The lowest BCUT2D eigenvalue weighted by molar-refractivity contribution is 0.103. The molecule has 1 aromatic heterocycles. The van der Waals surface area contributed by atoms with Crippen molar-refractivity contribution in [3.63, 3.8) is 0 Å². The predicted molar refractivity (Wildman–Crippen MR) is 74.7 cm³/mol. The molecule has 0 fully saturated rings. The largest absolute Gasteiger partial charge is 0.493 e. The monoisotopic (exact) mass is 255 g/mol. The first-order valence-corrected chi connectivity index (χ1v) is 6.48. The highest BCUT2D eigenvalue weighted by Crippen LogP contribution is 2.22. The maximum atomic E-state index is 12.6. The van der Waals surface area contributed by atoms with E-state index in [2.05, 4.69) is 4.98 Å². The molecule has 0 bridgehead atoms. The van der Waals surface area contributed by atoms with E-state index in [0.717, 1.165) is 12.0 Å². The molecular formula is C16H17NO2. The fraction of sp³-hybridized carbons (Fsp3) is 0.250. The maximum absolute atomic E-state index is 12.6. The highest BCUT2D eigenvalue weighted by Gasteiger charge is 2.17. The molecule has 0 aliphatic carbocycles. The maximum Gasteiger partial charge on any atom is 0.215 e. The lowest BCUT2D eigenvalue weighted by Crippen LogP contribution is -2.09. The van der Waals surface area contributed by atoms with Gasteiger partial charge in [0.25, 0.3) is 0 Å². The second-order valence-corrected chi connectivity index (χ2v) is 4.12. The third-order valence-electron chi connectivity index (χ3n) is 2.92. The third-order valence-corrected chi connectivity index (χ3v) is 2.92. The van der Waals surface area contributed by atoms with E-state index in [1.165, 1.54) is 0 Å². The fourth-order valence-electron chi connectivity index (χ4n) is 1.99. The average molecular weight is 255 g/mol. The van der Waals surface area contributed by atoms with Gasteiger partial charge >= 0.3 is 0 Å². The van der Waals surface area contributed by atoms with Crippen LogP contribution in [0, 0.1) is 0 Å². The number of benzene rings is 1. The molecule has 0 saturated carbocycles. The lowest BCUT2D eigenvalue weighted by Gasteiger charge is -2.10. The van der Waals surface area contributed by atoms with Crippen LogP contribution in [0.2, 0.25) is 0 Å². The Balaban J connectivity index is 2.44. The molecule has 0 atom stereocenters. The standard InChI is InChI=1S/C16H17NO2/c1-3-12-8-7-11-17-15(12)16(18)13-9-5-6-10-14(13)19-4-2/h5-11H,3-4H2,1-2H3. The third kappa shape index (κ3) is 2.81. The summed E-state index contributed by atoms with van der Waals surface area (Å²) in [6, 6.07) is 11.1. The summed E-state index contributed by atoms with van der Waals surface area (Å²) in [7, 11) is 0. The van der Waals surface area contributed by atoms with Crippen LogP contribution in [0.3, 0.4) is 0 Å². The number of aromatic nitrogens is 1. The molecule has 1 heterocycles. The van der Waals surface area contributed by atoms with Crippen molar-refractivity contribution in [2.24, 2.45) is 0 Å². The summed E-state index contributed by atoms with van der Waals surface area (Å²) in [6.07, 6.45) is 2.43. The molecule has 0 aliphatic heterocycles. The minimum absolute atomic E-state index is 0.0819. The van der Waals surface area contributed by atoms with Gasteiger partial charge in [0.15, 0.2) is 0 Å². The molecule has 98 valence electrons. The van der Waals surface area contributed by atoms with Crippen LogP contribution in [0.1, 0.15) is 35.5 Å². The van der Waals surface area contributed by atoms with Gasteiger partial charge in [0.2, 0.25) is 5.78 Å². The van der Waals surface area contributed by atoms with E-state index in [9.17, 15) is 4.79 Å². The summed E-state index contributed by atoms with van der Waals surface area (Å²) < 4.78 is 5.50.